The van der Waals surface area contributed by atoms with E-state index in [0.29, 0.717) is 6.29 Å². The molecule has 0 aromatic heterocycles. The molecule has 0 unspecified atom stereocenters. The molecule has 0 aliphatic carbocycles. The molecule has 1 aromatic rings. The lowest BCUT2D eigenvalue weighted by molar-refractivity contribution is -0.398. The van der Waals surface area contributed by atoms with Gasteiger partial charge in [-0.25, -0.2) is 0 Å². The number of nitrogens with zero attached hydrogens (tertiary/aromatic N) is 1. The van der Waals surface area contributed by atoms with Crippen molar-refractivity contribution in [3.8, 4) is 5.75 Å². The van der Waals surface area contributed by atoms with Crippen molar-refractivity contribution in [2.75, 3.05) is 0 Å². The van der Waals surface area contributed by atoms with E-state index in [9.17, 15) is 20.0 Å². The minimum Gasteiger partial charge on any atom is -0.867 e. The zero-order chi connectivity index (χ0) is 9.14. The van der Waals surface area contributed by atoms with E-state index in [1.54, 1.807) is 0 Å². The monoisotopic (exact) mass is 166 g/mol. The maximum absolute atomic E-state index is 11.0. The second kappa shape index (κ2) is 3.00. The number of benzene rings is 1. The Morgan fingerprint density at radius 1 is 1.42 bits per heavy atom. The fourth-order valence-corrected chi connectivity index (χ4v) is 0.779. The number of carbonyl (C=O) groups is 1. The van der Waals surface area contributed by atoms with Gasteiger partial charge in [0, 0.05) is 11.6 Å². The van der Waals surface area contributed by atoms with E-state index in [2.05, 4.69) is 0 Å². The number of hydrogen-bond donors (Lipinski definition) is 0. The highest BCUT2D eigenvalue weighted by molar-refractivity contribution is 5.81. The van der Waals surface area contributed by atoms with Gasteiger partial charge in [0.1, 0.15) is 6.29 Å². The molecule has 1 aromatic carbocycles. The summed E-state index contributed by atoms with van der Waals surface area (Å²) in [5.74, 6) is -0.836. The highest BCUT2D eigenvalue weighted by Gasteiger charge is 2.07. The summed E-state index contributed by atoms with van der Waals surface area (Å²) in [5.41, 5.74) is -0.760. The van der Waals surface area contributed by atoms with Gasteiger partial charge in [-0.1, -0.05) is 12.1 Å². The van der Waals surface area contributed by atoms with E-state index in [1.165, 1.54) is 12.1 Å². The van der Waals surface area contributed by atoms with Crippen LogP contribution < -0.4 is 5.11 Å². The van der Waals surface area contributed by atoms with Crippen LogP contribution in [0.3, 0.4) is 0 Å². The molecule has 0 saturated carbocycles. The van der Waals surface area contributed by atoms with Crippen molar-refractivity contribution in [1.29, 1.82) is 0 Å². The molecule has 5 heteroatoms. The first-order chi connectivity index (χ1) is 5.66. The molecule has 0 aliphatic heterocycles. The molecule has 0 heterocycles. The van der Waals surface area contributed by atoms with Gasteiger partial charge >= 0.3 is 0 Å². The first-order valence-electron chi connectivity index (χ1n) is 3.06. The summed E-state index contributed by atoms with van der Waals surface area (Å²) in [6.07, 6.45) is 0.301. The van der Waals surface area contributed by atoms with E-state index in [0.717, 1.165) is 6.07 Å². The van der Waals surface area contributed by atoms with Gasteiger partial charge < -0.3 is 5.11 Å². The molecule has 0 spiro atoms. The van der Waals surface area contributed by atoms with Gasteiger partial charge in [0.2, 0.25) is 0 Å². The number of nitro benzene ring substituents is 1. The Bertz CT molecular complexity index is 334. The molecule has 0 N–H and O–H groups in total. The van der Waals surface area contributed by atoms with Crippen molar-refractivity contribution in [3.63, 3.8) is 0 Å². The minimum atomic E-state index is -0.836. The Morgan fingerprint density at radius 3 is 2.58 bits per heavy atom. The van der Waals surface area contributed by atoms with Crippen LogP contribution in [0.1, 0.15) is 10.4 Å². The zero-order valence-corrected chi connectivity index (χ0v) is 5.89. The van der Waals surface area contributed by atoms with E-state index in [1.807, 2.05) is 0 Å². The third kappa shape index (κ3) is 1.24. The maximum atomic E-state index is 11.0. The van der Waals surface area contributed by atoms with Crippen molar-refractivity contribution in [3.05, 3.63) is 33.9 Å². The van der Waals surface area contributed by atoms with Crippen LogP contribution in [-0.4, -0.2) is 11.2 Å². The third-order valence-corrected chi connectivity index (χ3v) is 1.35. The SMILES string of the molecule is O=Cc1cccc([N+](=O)[O-])c1[O-]. The van der Waals surface area contributed by atoms with Gasteiger partial charge in [-0.3, -0.25) is 14.9 Å². The predicted molar refractivity (Wildman–Crippen MR) is 37.9 cm³/mol. The Balaban J connectivity index is 3.32. The van der Waals surface area contributed by atoms with Gasteiger partial charge in [-0.15, -0.1) is 0 Å². The normalized spacial score (nSPS) is 9.33. The van der Waals surface area contributed by atoms with Crippen molar-refractivity contribution >= 4 is 12.0 Å². The largest absolute Gasteiger partial charge is 0.867 e. The van der Waals surface area contributed by atoms with Crippen molar-refractivity contribution < 1.29 is 14.8 Å². The number of rotatable bonds is 2. The van der Waals surface area contributed by atoms with Gasteiger partial charge in [0.05, 0.1) is 4.92 Å². The summed E-state index contributed by atoms with van der Waals surface area (Å²) in [7, 11) is 0. The quantitative estimate of drug-likeness (QED) is 0.363. The summed E-state index contributed by atoms with van der Waals surface area (Å²) >= 11 is 0. The van der Waals surface area contributed by atoms with Gasteiger partial charge in [-0.2, -0.15) is 0 Å². The molecule has 0 saturated heterocycles. The van der Waals surface area contributed by atoms with Gasteiger partial charge in [0.25, 0.3) is 5.69 Å². The summed E-state index contributed by atoms with van der Waals surface area (Å²) in [5, 5.41) is 21.1. The summed E-state index contributed by atoms with van der Waals surface area (Å²) in [6, 6.07) is 3.60. The van der Waals surface area contributed by atoms with Crippen LogP contribution >= 0.6 is 0 Å². The smallest absolute Gasteiger partial charge is 0.262 e. The third-order valence-electron chi connectivity index (χ3n) is 1.35. The predicted octanol–water partition coefficient (Wildman–Crippen LogP) is 0.481. The zero-order valence-electron chi connectivity index (χ0n) is 5.89. The molecule has 0 radical (unpaired) electrons. The van der Waals surface area contributed by atoms with Crippen LogP contribution in [0.2, 0.25) is 0 Å². The fraction of sp³-hybridized carbons (Fsp3) is 0. The molecule has 62 valence electrons. The Morgan fingerprint density at radius 2 is 2.08 bits per heavy atom. The lowest BCUT2D eigenvalue weighted by atomic mass is 10.2. The number of carbonyl (C=O) groups excluding carboxylic acids is 1. The molecule has 1 rings (SSSR count). The average Bonchev–Trinajstić information content (AvgIpc) is 2.04. The lowest BCUT2D eigenvalue weighted by Crippen LogP contribution is -2.01. The first-order valence-corrected chi connectivity index (χ1v) is 3.06. The van der Waals surface area contributed by atoms with Crippen molar-refractivity contribution in [2.45, 2.75) is 0 Å². The van der Waals surface area contributed by atoms with E-state index in [4.69, 9.17) is 0 Å². The standard InChI is InChI=1S/C7H5NO4/c9-4-5-2-1-3-6(7(5)10)8(11)12/h1-4,10H/p-1. The molecule has 0 atom stereocenters. The maximum Gasteiger partial charge on any atom is 0.262 e. The van der Waals surface area contributed by atoms with Gasteiger partial charge in [0.15, 0.2) is 0 Å². The molecule has 0 amide bonds. The van der Waals surface area contributed by atoms with Gasteiger partial charge in [-0.05, 0) is 5.75 Å². The molecular formula is C7H4NO4-. The summed E-state index contributed by atoms with van der Waals surface area (Å²) in [6.45, 7) is 0. The Hall–Kier alpha value is -1.91. The molecule has 12 heavy (non-hydrogen) atoms. The van der Waals surface area contributed by atoms with E-state index < -0.39 is 16.4 Å². The average molecular weight is 166 g/mol. The number of aldehydes is 1. The number of para-hydroxylation sites is 1. The molecule has 0 fully saturated rings. The van der Waals surface area contributed by atoms with Crippen LogP contribution in [0.4, 0.5) is 5.69 Å². The van der Waals surface area contributed by atoms with Crippen LogP contribution in [0.5, 0.6) is 5.75 Å². The molecular weight excluding hydrogens is 162 g/mol. The molecule has 5 nitrogen and oxygen atoms in total. The minimum absolute atomic E-state index is 0.191. The van der Waals surface area contributed by atoms with E-state index >= 15 is 0 Å². The first kappa shape index (κ1) is 8.19. The van der Waals surface area contributed by atoms with Crippen LogP contribution in [0.15, 0.2) is 18.2 Å². The topological polar surface area (TPSA) is 83.3 Å². The highest BCUT2D eigenvalue weighted by atomic mass is 16.6. The summed E-state index contributed by atoms with van der Waals surface area (Å²) in [4.78, 5) is 19.5. The summed E-state index contributed by atoms with van der Waals surface area (Å²) < 4.78 is 0. The molecule has 0 aliphatic rings. The van der Waals surface area contributed by atoms with Crippen molar-refractivity contribution in [1.82, 2.24) is 0 Å². The highest BCUT2D eigenvalue weighted by Crippen LogP contribution is 2.24. The van der Waals surface area contributed by atoms with Crippen LogP contribution in [0.25, 0.3) is 0 Å². The molecule has 0 bridgehead atoms. The Labute approximate surface area is 67.4 Å². The lowest BCUT2D eigenvalue weighted by Gasteiger charge is -2.07. The van der Waals surface area contributed by atoms with Crippen LogP contribution in [0, 0.1) is 10.1 Å². The number of hydrogen-bond acceptors (Lipinski definition) is 4. The second-order valence-corrected chi connectivity index (χ2v) is 2.07. The van der Waals surface area contributed by atoms with Crippen molar-refractivity contribution in [2.24, 2.45) is 0 Å². The number of nitro groups is 1. The second-order valence-electron chi connectivity index (χ2n) is 2.07. The fourth-order valence-electron chi connectivity index (χ4n) is 0.779. The van der Waals surface area contributed by atoms with E-state index in [-0.39, 0.29) is 5.56 Å². The Kier molecular flexibility index (Phi) is 2.05. The van der Waals surface area contributed by atoms with Crippen LogP contribution in [-0.2, 0) is 0 Å².